The number of rotatable bonds is 6. The van der Waals surface area contributed by atoms with Gasteiger partial charge in [0.05, 0.1) is 6.61 Å². The molecule has 1 aromatic heterocycles. The van der Waals surface area contributed by atoms with E-state index in [4.69, 9.17) is 18.6 Å². The maximum atomic E-state index is 12.7. The average molecular weight is 564 g/mol. The smallest absolute Gasteiger partial charge is 0.331 e. The van der Waals surface area contributed by atoms with Crippen molar-refractivity contribution >= 4 is 23.0 Å². The molecule has 12 heteroatoms. The van der Waals surface area contributed by atoms with Gasteiger partial charge in [-0.3, -0.25) is 4.79 Å². The first-order valence-electron chi connectivity index (χ1n) is 12.2. The lowest BCUT2D eigenvalue weighted by atomic mass is 10.1. The Morgan fingerprint density at radius 3 is 2.37 bits per heavy atom. The van der Waals surface area contributed by atoms with E-state index in [9.17, 15) is 40.2 Å². The second kappa shape index (κ2) is 11.2. The first-order valence-corrected chi connectivity index (χ1v) is 12.2. The molecule has 4 atom stereocenters. The predicted octanol–water partition coefficient (Wildman–Crippen LogP) is 2.36. The Labute approximate surface area is 231 Å². The molecule has 3 aromatic carbocycles. The highest BCUT2D eigenvalue weighted by Gasteiger charge is 2.42. The van der Waals surface area contributed by atoms with Crippen molar-refractivity contribution in [3.8, 4) is 40.1 Å². The Morgan fingerprint density at radius 2 is 1.63 bits per heavy atom. The molecule has 4 unspecified atom stereocenters. The number of carbonyl (C=O) groups excluding carboxylic acids is 1. The number of hydrogen-bond donors (Lipinski definition) is 6. The van der Waals surface area contributed by atoms with Gasteiger partial charge >= 0.3 is 5.97 Å². The molecule has 41 heavy (non-hydrogen) atoms. The third-order valence-electron chi connectivity index (χ3n) is 6.30. The lowest BCUT2D eigenvalue weighted by Gasteiger charge is -2.36. The van der Waals surface area contributed by atoms with Gasteiger partial charge in [0, 0.05) is 29.8 Å². The Hall–Kier alpha value is -5.04. The van der Waals surface area contributed by atoms with Crippen LogP contribution in [0.1, 0.15) is 5.56 Å². The second-order valence-electron chi connectivity index (χ2n) is 9.19. The topological polar surface area (TPSA) is 196 Å². The number of phenolic OH excluding ortho intramolecular Hbond substituents is 4. The molecule has 0 amide bonds. The molecule has 1 aliphatic heterocycles. The molecule has 1 fully saturated rings. The Kier molecular flexibility index (Phi) is 7.53. The van der Waals surface area contributed by atoms with Gasteiger partial charge < -0.3 is 49.3 Å². The van der Waals surface area contributed by atoms with Gasteiger partial charge in [-0.15, -0.1) is 0 Å². The Morgan fingerprint density at radius 1 is 0.878 bits per heavy atom. The number of phenols is 4. The first-order chi connectivity index (χ1) is 19.6. The number of fused-ring (bicyclic) bond motifs is 1. The van der Waals surface area contributed by atoms with Crippen LogP contribution in [0, 0.1) is 0 Å². The van der Waals surface area contributed by atoms with Crippen molar-refractivity contribution in [2.24, 2.45) is 0 Å². The van der Waals surface area contributed by atoms with Crippen LogP contribution >= 0.6 is 0 Å². The summed E-state index contributed by atoms with van der Waals surface area (Å²) in [6.45, 7) is -0.345. The molecule has 0 spiro atoms. The van der Waals surface area contributed by atoms with Crippen molar-refractivity contribution in [1.82, 2.24) is 0 Å². The molecule has 1 aliphatic rings. The summed E-state index contributed by atoms with van der Waals surface area (Å²) in [4.78, 5) is 24.9. The van der Waals surface area contributed by atoms with Gasteiger partial charge in [-0.1, -0.05) is 6.07 Å². The highest BCUT2D eigenvalue weighted by Crippen LogP contribution is 2.33. The van der Waals surface area contributed by atoms with Gasteiger partial charge in [0.25, 0.3) is 0 Å². The molecule has 0 aliphatic carbocycles. The molecule has 0 bridgehead atoms. The number of esters is 1. The second-order valence-corrected chi connectivity index (χ2v) is 9.19. The van der Waals surface area contributed by atoms with Crippen LogP contribution < -0.4 is 10.2 Å². The van der Waals surface area contributed by atoms with Crippen LogP contribution in [0.4, 0.5) is 0 Å². The van der Waals surface area contributed by atoms with Gasteiger partial charge in [-0.25, -0.2) is 4.79 Å². The predicted molar refractivity (Wildman–Crippen MR) is 142 cm³/mol. The minimum Gasteiger partial charge on any atom is -0.508 e. The zero-order valence-corrected chi connectivity index (χ0v) is 21.1. The molecular weight excluding hydrogens is 540 g/mol. The number of hydrogen-bond acceptors (Lipinski definition) is 12. The monoisotopic (exact) mass is 564 g/mol. The molecule has 1 saturated heterocycles. The molecule has 212 valence electrons. The van der Waals surface area contributed by atoms with E-state index in [1.807, 2.05) is 0 Å². The van der Waals surface area contributed by atoms with Crippen molar-refractivity contribution in [2.45, 2.75) is 24.6 Å². The SMILES string of the molecule is O=C(/C=C/c1ccc(O)c(O)c1)OC1COC(Oc2cc(O)c3c(=O)cc(-c4ccc(O)cc4)oc3c2)C(O)C1O. The first kappa shape index (κ1) is 27.5. The summed E-state index contributed by atoms with van der Waals surface area (Å²) in [7, 11) is 0. The number of carbonyl (C=O) groups is 1. The third kappa shape index (κ3) is 5.94. The molecule has 5 rings (SSSR count). The lowest BCUT2D eigenvalue weighted by Crippen LogP contribution is -2.56. The van der Waals surface area contributed by atoms with Crippen LogP contribution in [0.15, 0.2) is 76.0 Å². The molecule has 0 saturated carbocycles. The molecule has 0 radical (unpaired) electrons. The number of aliphatic hydroxyl groups excluding tert-OH is 2. The van der Waals surface area contributed by atoms with Gasteiger partial charge in [-0.05, 0) is 48.0 Å². The maximum Gasteiger partial charge on any atom is 0.331 e. The summed E-state index contributed by atoms with van der Waals surface area (Å²) < 4.78 is 22.0. The Balaban J connectivity index is 1.28. The summed E-state index contributed by atoms with van der Waals surface area (Å²) in [5.41, 5.74) is 0.347. The standard InChI is InChI=1S/C29H24O12/c30-16-5-3-15(4-6-16)22-12-21(34)26-20(33)10-17(11-23(26)40-22)39-29-28(37)27(36)24(13-38-29)41-25(35)8-2-14-1-7-18(31)19(32)9-14/h1-12,24,27-33,36-37H,13H2/b8-2+. The van der Waals surface area contributed by atoms with E-state index in [1.165, 1.54) is 48.5 Å². The van der Waals surface area contributed by atoms with Crippen LogP contribution in [-0.2, 0) is 14.3 Å². The fourth-order valence-electron chi connectivity index (χ4n) is 4.19. The third-order valence-corrected chi connectivity index (χ3v) is 6.30. The molecular formula is C29H24O12. The summed E-state index contributed by atoms with van der Waals surface area (Å²) in [6, 6.07) is 13.5. The average Bonchev–Trinajstić information content (AvgIpc) is 2.93. The van der Waals surface area contributed by atoms with Crippen LogP contribution in [0.3, 0.4) is 0 Å². The minimum absolute atomic E-state index is 0.0260. The fourth-order valence-corrected chi connectivity index (χ4v) is 4.19. The van der Waals surface area contributed by atoms with Gasteiger partial charge in [0.15, 0.2) is 23.0 Å². The number of aromatic hydroxyl groups is 4. The van der Waals surface area contributed by atoms with E-state index >= 15 is 0 Å². The maximum absolute atomic E-state index is 12.7. The van der Waals surface area contributed by atoms with Crippen molar-refractivity contribution < 1.29 is 54.1 Å². The van der Waals surface area contributed by atoms with Crippen LogP contribution in [0.5, 0.6) is 28.7 Å². The van der Waals surface area contributed by atoms with Crippen LogP contribution in [0.2, 0.25) is 0 Å². The van der Waals surface area contributed by atoms with E-state index < -0.39 is 41.7 Å². The van der Waals surface area contributed by atoms with Gasteiger partial charge in [0.1, 0.15) is 46.2 Å². The summed E-state index contributed by atoms with van der Waals surface area (Å²) >= 11 is 0. The van der Waals surface area contributed by atoms with Gasteiger partial charge in [-0.2, -0.15) is 0 Å². The van der Waals surface area contributed by atoms with Crippen molar-refractivity contribution in [3.63, 3.8) is 0 Å². The number of benzene rings is 3. The highest BCUT2D eigenvalue weighted by molar-refractivity contribution is 5.87. The van der Waals surface area contributed by atoms with E-state index in [2.05, 4.69) is 0 Å². The largest absolute Gasteiger partial charge is 0.508 e. The van der Waals surface area contributed by atoms with E-state index in [0.29, 0.717) is 11.1 Å². The summed E-state index contributed by atoms with van der Waals surface area (Å²) in [5.74, 6) is -1.85. The van der Waals surface area contributed by atoms with Crippen LogP contribution in [0.25, 0.3) is 28.4 Å². The molecule has 12 nitrogen and oxygen atoms in total. The van der Waals surface area contributed by atoms with E-state index in [-0.39, 0.29) is 46.3 Å². The zero-order chi connectivity index (χ0) is 29.3. The number of ether oxygens (including phenoxy) is 3. The van der Waals surface area contributed by atoms with E-state index in [1.54, 1.807) is 12.1 Å². The molecule has 6 N–H and O–H groups in total. The van der Waals surface area contributed by atoms with Crippen molar-refractivity contribution in [3.05, 3.63) is 82.5 Å². The quantitative estimate of drug-likeness (QED) is 0.114. The van der Waals surface area contributed by atoms with Crippen LogP contribution in [-0.4, -0.2) is 67.8 Å². The number of aliphatic hydroxyl groups is 2. The Bertz CT molecular complexity index is 1670. The highest BCUT2D eigenvalue weighted by atomic mass is 16.7. The summed E-state index contributed by atoms with van der Waals surface area (Å²) in [5, 5.41) is 59.9. The lowest BCUT2D eigenvalue weighted by molar-refractivity contribution is -0.247. The zero-order valence-electron chi connectivity index (χ0n) is 21.1. The fraction of sp³-hybridized carbons (Fsp3) is 0.172. The van der Waals surface area contributed by atoms with Gasteiger partial charge in [0.2, 0.25) is 6.29 Å². The minimum atomic E-state index is -1.67. The molecule has 2 heterocycles. The van der Waals surface area contributed by atoms with Crippen molar-refractivity contribution in [2.75, 3.05) is 6.61 Å². The van der Waals surface area contributed by atoms with Crippen molar-refractivity contribution in [1.29, 1.82) is 0 Å². The molecule has 4 aromatic rings. The summed E-state index contributed by atoms with van der Waals surface area (Å²) in [6.07, 6.45) is -3.60. The van der Waals surface area contributed by atoms with E-state index in [0.717, 1.165) is 12.1 Å². The normalized spacial score (nSPS) is 20.7.